The molecule has 2 aromatic carbocycles. The molecule has 1 amide bonds. The van der Waals surface area contributed by atoms with Gasteiger partial charge in [0.1, 0.15) is 11.5 Å². The lowest BCUT2D eigenvalue weighted by atomic mass is 9.76. The number of carbonyl (C=O) groups excluding carboxylic acids is 1. The number of para-hydroxylation sites is 1. The zero-order valence-electron chi connectivity index (χ0n) is 21.6. The number of carbonyl (C=O) groups is 1. The minimum Gasteiger partial charge on any atom is -0.508 e. The predicted molar refractivity (Wildman–Crippen MR) is 141 cm³/mol. The molecule has 6 nitrogen and oxygen atoms in total. The van der Waals surface area contributed by atoms with Crippen molar-refractivity contribution in [3.05, 3.63) is 53.1 Å². The fraction of sp³-hybridized carbons (Fsp3) is 0.552. The van der Waals surface area contributed by atoms with E-state index in [9.17, 15) is 15.0 Å². The zero-order chi connectivity index (χ0) is 25.2. The van der Waals surface area contributed by atoms with Crippen LogP contribution in [-0.4, -0.2) is 46.3 Å². The lowest BCUT2D eigenvalue weighted by Crippen LogP contribution is -2.48. The van der Waals surface area contributed by atoms with Gasteiger partial charge in [0.25, 0.3) is 0 Å². The third kappa shape index (κ3) is 5.49. The van der Waals surface area contributed by atoms with Gasteiger partial charge in [-0.3, -0.25) is 15.0 Å². The Kier molecular flexibility index (Phi) is 7.72. The fourth-order valence-electron chi connectivity index (χ4n) is 6.07. The fourth-order valence-corrected chi connectivity index (χ4v) is 6.07. The van der Waals surface area contributed by atoms with E-state index in [4.69, 9.17) is 0 Å². The van der Waals surface area contributed by atoms with Gasteiger partial charge in [-0.1, -0.05) is 71.2 Å². The number of nitrogens with zero attached hydrogens (tertiary/aromatic N) is 1. The van der Waals surface area contributed by atoms with Crippen molar-refractivity contribution in [1.82, 2.24) is 10.2 Å². The molecule has 1 aliphatic heterocycles. The predicted octanol–water partition coefficient (Wildman–Crippen LogP) is 5.63. The SMILES string of the molecule is CC(C)c1cccc(C(C)C)c1NC(=O)CN1CNC2(CCCCCC2c2ccc(O)cc2O)C1. The van der Waals surface area contributed by atoms with E-state index in [1.807, 2.05) is 6.07 Å². The summed E-state index contributed by atoms with van der Waals surface area (Å²) in [4.78, 5) is 15.4. The van der Waals surface area contributed by atoms with Crippen LogP contribution < -0.4 is 10.6 Å². The second kappa shape index (κ2) is 10.6. The van der Waals surface area contributed by atoms with Crippen LogP contribution in [0.1, 0.15) is 94.2 Å². The van der Waals surface area contributed by atoms with Gasteiger partial charge in [-0.2, -0.15) is 0 Å². The third-order valence-electron chi connectivity index (χ3n) is 7.84. The molecule has 2 aromatic rings. The van der Waals surface area contributed by atoms with Crippen LogP contribution >= 0.6 is 0 Å². The van der Waals surface area contributed by atoms with E-state index >= 15 is 0 Å². The summed E-state index contributed by atoms with van der Waals surface area (Å²) in [6, 6.07) is 11.3. The average molecular weight is 480 g/mol. The first-order chi connectivity index (χ1) is 16.7. The Morgan fingerprint density at radius 2 is 1.80 bits per heavy atom. The van der Waals surface area contributed by atoms with E-state index in [0.717, 1.165) is 43.5 Å². The number of rotatable bonds is 6. The van der Waals surface area contributed by atoms with Crippen molar-refractivity contribution < 1.29 is 15.0 Å². The van der Waals surface area contributed by atoms with Crippen LogP contribution in [0.5, 0.6) is 11.5 Å². The monoisotopic (exact) mass is 479 g/mol. The van der Waals surface area contributed by atoms with Crippen LogP contribution in [0.2, 0.25) is 0 Å². The molecular weight excluding hydrogens is 438 g/mol. The molecule has 0 aromatic heterocycles. The largest absolute Gasteiger partial charge is 0.508 e. The molecule has 35 heavy (non-hydrogen) atoms. The van der Waals surface area contributed by atoms with E-state index in [0.29, 0.717) is 25.0 Å². The number of nitrogens with one attached hydrogen (secondary N) is 2. The number of hydrogen-bond donors (Lipinski definition) is 4. The molecule has 190 valence electrons. The molecule has 2 atom stereocenters. The molecule has 0 radical (unpaired) electrons. The molecule has 1 heterocycles. The lowest BCUT2D eigenvalue weighted by molar-refractivity contribution is -0.117. The first-order valence-corrected chi connectivity index (χ1v) is 13.1. The van der Waals surface area contributed by atoms with Gasteiger partial charge in [0.15, 0.2) is 0 Å². The molecule has 0 bridgehead atoms. The van der Waals surface area contributed by atoms with Crippen molar-refractivity contribution in [2.75, 3.05) is 25.1 Å². The number of aromatic hydroxyl groups is 2. The van der Waals surface area contributed by atoms with Gasteiger partial charge in [0.2, 0.25) is 5.91 Å². The summed E-state index contributed by atoms with van der Waals surface area (Å²) in [5.74, 6) is 1.02. The smallest absolute Gasteiger partial charge is 0.238 e. The number of hydrogen-bond acceptors (Lipinski definition) is 5. The van der Waals surface area contributed by atoms with Crippen molar-refractivity contribution in [2.45, 2.75) is 83.1 Å². The van der Waals surface area contributed by atoms with Crippen LogP contribution in [-0.2, 0) is 4.79 Å². The first-order valence-electron chi connectivity index (χ1n) is 13.1. The highest BCUT2D eigenvalue weighted by Crippen LogP contribution is 2.45. The maximum atomic E-state index is 13.3. The summed E-state index contributed by atoms with van der Waals surface area (Å²) in [7, 11) is 0. The lowest BCUT2D eigenvalue weighted by Gasteiger charge is -2.37. The Hall–Kier alpha value is -2.57. The van der Waals surface area contributed by atoms with Gasteiger partial charge < -0.3 is 15.5 Å². The van der Waals surface area contributed by atoms with Crippen LogP contribution in [0, 0.1) is 0 Å². The van der Waals surface area contributed by atoms with E-state index < -0.39 is 0 Å². The van der Waals surface area contributed by atoms with Crippen LogP contribution in [0.4, 0.5) is 5.69 Å². The molecule has 6 heteroatoms. The average Bonchev–Trinajstić information content (AvgIpc) is 3.08. The van der Waals surface area contributed by atoms with Gasteiger partial charge in [0.05, 0.1) is 6.54 Å². The topological polar surface area (TPSA) is 84.8 Å². The molecule has 4 N–H and O–H groups in total. The summed E-state index contributed by atoms with van der Waals surface area (Å²) in [5, 5.41) is 27.4. The second-order valence-corrected chi connectivity index (χ2v) is 11.0. The molecule has 1 aliphatic carbocycles. The van der Waals surface area contributed by atoms with Crippen LogP contribution in [0.3, 0.4) is 0 Å². The van der Waals surface area contributed by atoms with Gasteiger partial charge in [-0.15, -0.1) is 0 Å². The number of phenolic OH excluding ortho intramolecular Hbond substituents is 2. The van der Waals surface area contributed by atoms with E-state index in [1.54, 1.807) is 6.07 Å². The molecular formula is C29H41N3O3. The van der Waals surface area contributed by atoms with Gasteiger partial charge >= 0.3 is 0 Å². The summed E-state index contributed by atoms with van der Waals surface area (Å²) >= 11 is 0. The standard InChI is InChI=1S/C29H41N3O3/c1-19(2)22-9-8-10-23(20(3)4)28(22)31-27(35)16-32-17-29(30-18-32)14-7-5-6-11-25(29)24-13-12-21(33)15-26(24)34/h8-10,12-13,15,19-20,25,30,33-34H,5-7,11,14,16-18H2,1-4H3,(H,31,35). The molecule has 1 saturated carbocycles. The van der Waals surface area contributed by atoms with Gasteiger partial charge in [-0.25, -0.2) is 0 Å². The Morgan fingerprint density at radius 3 is 2.46 bits per heavy atom. The number of benzene rings is 2. The Labute approximate surface area is 209 Å². The van der Waals surface area contributed by atoms with E-state index in [1.165, 1.54) is 23.6 Å². The van der Waals surface area contributed by atoms with Crippen molar-refractivity contribution in [3.63, 3.8) is 0 Å². The number of amides is 1. The Morgan fingerprint density at radius 1 is 1.09 bits per heavy atom. The number of anilines is 1. The van der Waals surface area contributed by atoms with Crippen molar-refractivity contribution >= 4 is 11.6 Å². The first kappa shape index (κ1) is 25.5. The number of phenols is 2. The summed E-state index contributed by atoms with van der Waals surface area (Å²) in [6.07, 6.45) is 5.39. The summed E-state index contributed by atoms with van der Waals surface area (Å²) in [6.45, 7) is 10.4. The normalized spacial score (nSPS) is 23.2. The Bertz CT molecular complexity index is 1030. The summed E-state index contributed by atoms with van der Waals surface area (Å²) in [5.41, 5.74) is 4.01. The quantitative estimate of drug-likeness (QED) is 0.431. The minimum absolute atomic E-state index is 0.0107. The minimum atomic E-state index is -0.190. The van der Waals surface area contributed by atoms with Gasteiger partial charge in [-0.05, 0) is 47.4 Å². The van der Waals surface area contributed by atoms with E-state index in [-0.39, 0.29) is 28.9 Å². The van der Waals surface area contributed by atoms with Gasteiger partial charge in [0, 0.05) is 36.4 Å². The third-order valence-corrected chi connectivity index (χ3v) is 7.84. The highest BCUT2D eigenvalue weighted by atomic mass is 16.3. The molecule has 4 rings (SSSR count). The zero-order valence-corrected chi connectivity index (χ0v) is 21.6. The second-order valence-electron chi connectivity index (χ2n) is 11.0. The van der Waals surface area contributed by atoms with Crippen molar-refractivity contribution in [2.24, 2.45) is 0 Å². The molecule has 1 saturated heterocycles. The van der Waals surface area contributed by atoms with Crippen LogP contribution in [0.25, 0.3) is 0 Å². The maximum absolute atomic E-state index is 13.3. The van der Waals surface area contributed by atoms with Crippen molar-refractivity contribution in [1.29, 1.82) is 0 Å². The molecule has 2 fully saturated rings. The highest BCUT2D eigenvalue weighted by Gasteiger charge is 2.46. The molecule has 2 unspecified atom stereocenters. The van der Waals surface area contributed by atoms with E-state index in [2.05, 4.69) is 61.4 Å². The maximum Gasteiger partial charge on any atom is 0.238 e. The van der Waals surface area contributed by atoms with Crippen molar-refractivity contribution in [3.8, 4) is 11.5 Å². The van der Waals surface area contributed by atoms with Crippen LogP contribution in [0.15, 0.2) is 36.4 Å². The Balaban J connectivity index is 1.51. The summed E-state index contributed by atoms with van der Waals surface area (Å²) < 4.78 is 0. The highest BCUT2D eigenvalue weighted by molar-refractivity contribution is 5.94. The molecule has 2 aliphatic rings. The molecule has 1 spiro atoms.